The Bertz CT molecular complexity index is 377. The highest BCUT2D eigenvalue weighted by Gasteiger charge is 2.37. The highest BCUT2D eigenvalue weighted by Crippen LogP contribution is 2.49. The first-order valence-electron chi connectivity index (χ1n) is 5.72. The summed E-state index contributed by atoms with van der Waals surface area (Å²) in [5.74, 6) is 1.42. The van der Waals surface area contributed by atoms with Crippen LogP contribution in [0.2, 0.25) is 5.02 Å². The Morgan fingerprint density at radius 2 is 2.00 bits per heavy atom. The van der Waals surface area contributed by atoms with Crippen LogP contribution in [0.3, 0.4) is 0 Å². The molecule has 1 atom stereocenters. The van der Waals surface area contributed by atoms with Crippen molar-refractivity contribution in [1.82, 2.24) is 0 Å². The Hall–Kier alpha value is -0.490. The molecule has 0 aliphatic heterocycles. The van der Waals surface area contributed by atoms with Crippen molar-refractivity contribution >= 4 is 11.6 Å². The summed E-state index contributed by atoms with van der Waals surface area (Å²) in [7, 11) is 0. The van der Waals surface area contributed by atoms with Gasteiger partial charge in [0.15, 0.2) is 0 Å². The zero-order valence-electron chi connectivity index (χ0n) is 9.97. The van der Waals surface area contributed by atoms with Crippen LogP contribution in [0.4, 0.5) is 0 Å². The fraction of sp³-hybridized carbons (Fsp3) is 0.571. The van der Waals surface area contributed by atoms with Gasteiger partial charge in [-0.05, 0) is 46.9 Å². The highest BCUT2D eigenvalue weighted by molar-refractivity contribution is 6.30. The molecule has 1 aromatic carbocycles. The lowest BCUT2D eigenvalue weighted by atomic mass is 9.84. The second kappa shape index (κ2) is 3.52. The summed E-state index contributed by atoms with van der Waals surface area (Å²) in [5.41, 5.74) is 3.25. The van der Waals surface area contributed by atoms with Gasteiger partial charge in [-0.25, -0.2) is 0 Å². The van der Waals surface area contributed by atoms with Crippen LogP contribution in [0, 0.1) is 5.92 Å². The van der Waals surface area contributed by atoms with Crippen LogP contribution in [0.1, 0.15) is 51.2 Å². The molecule has 0 nitrogen and oxygen atoms in total. The van der Waals surface area contributed by atoms with Crippen molar-refractivity contribution in [3.8, 4) is 0 Å². The predicted octanol–water partition coefficient (Wildman–Crippen LogP) is 4.76. The summed E-state index contributed by atoms with van der Waals surface area (Å²) in [6.07, 6.45) is 1.25. The van der Waals surface area contributed by atoms with Gasteiger partial charge >= 0.3 is 0 Å². The van der Waals surface area contributed by atoms with Gasteiger partial charge in [-0.2, -0.15) is 0 Å². The molecule has 0 bridgehead atoms. The van der Waals surface area contributed by atoms with Gasteiger partial charge < -0.3 is 0 Å². The predicted molar refractivity (Wildman–Crippen MR) is 66.7 cm³/mol. The van der Waals surface area contributed by atoms with Crippen molar-refractivity contribution in [2.75, 3.05) is 0 Å². The molecule has 15 heavy (non-hydrogen) atoms. The number of halogens is 1. The summed E-state index contributed by atoms with van der Waals surface area (Å²) < 4.78 is 0. The minimum absolute atomic E-state index is 0.287. The number of fused-ring (bicyclic) bond motifs is 1. The van der Waals surface area contributed by atoms with Crippen LogP contribution in [-0.2, 0) is 5.41 Å². The summed E-state index contributed by atoms with van der Waals surface area (Å²) in [6, 6.07) is 6.40. The normalized spacial score (nSPS) is 23.2. The lowest BCUT2D eigenvalue weighted by molar-refractivity contribution is 0.409. The van der Waals surface area contributed by atoms with Crippen LogP contribution in [0.25, 0.3) is 0 Å². The minimum atomic E-state index is 0.287. The van der Waals surface area contributed by atoms with Crippen molar-refractivity contribution in [2.24, 2.45) is 5.92 Å². The van der Waals surface area contributed by atoms with Gasteiger partial charge in [-0.15, -0.1) is 0 Å². The fourth-order valence-electron chi connectivity index (χ4n) is 2.80. The molecule has 0 amide bonds. The molecule has 1 aromatic rings. The zero-order chi connectivity index (χ0) is 11.2. The van der Waals surface area contributed by atoms with Crippen LogP contribution < -0.4 is 0 Å². The standard InChI is InChI=1S/C14H19Cl/c1-9(2)12-8-14(3,4)13-7-10(15)5-6-11(12)13/h5-7,9,12H,8H2,1-4H3. The first-order chi connectivity index (χ1) is 6.92. The topological polar surface area (TPSA) is 0 Å². The molecule has 0 fully saturated rings. The average molecular weight is 223 g/mol. The largest absolute Gasteiger partial charge is 0.0843 e. The van der Waals surface area contributed by atoms with Crippen molar-refractivity contribution in [2.45, 2.75) is 45.4 Å². The van der Waals surface area contributed by atoms with E-state index in [1.807, 2.05) is 6.07 Å². The molecule has 0 saturated carbocycles. The van der Waals surface area contributed by atoms with E-state index in [9.17, 15) is 0 Å². The van der Waals surface area contributed by atoms with Crippen molar-refractivity contribution in [3.05, 3.63) is 34.3 Å². The van der Waals surface area contributed by atoms with Gasteiger partial charge in [0, 0.05) is 5.02 Å². The van der Waals surface area contributed by atoms with Crippen LogP contribution in [0.15, 0.2) is 18.2 Å². The average Bonchev–Trinajstić information content (AvgIpc) is 2.39. The van der Waals surface area contributed by atoms with Gasteiger partial charge in [0.25, 0.3) is 0 Å². The zero-order valence-corrected chi connectivity index (χ0v) is 10.7. The molecule has 0 saturated heterocycles. The molecule has 0 N–H and O–H groups in total. The Labute approximate surface area is 97.6 Å². The molecule has 0 radical (unpaired) electrons. The Morgan fingerprint density at radius 1 is 1.33 bits per heavy atom. The maximum Gasteiger partial charge on any atom is 0.0409 e. The monoisotopic (exact) mass is 222 g/mol. The van der Waals surface area contributed by atoms with E-state index in [1.54, 1.807) is 0 Å². The van der Waals surface area contributed by atoms with Crippen LogP contribution in [-0.4, -0.2) is 0 Å². The summed E-state index contributed by atoms with van der Waals surface area (Å²) in [6.45, 7) is 9.27. The maximum atomic E-state index is 6.08. The second-order valence-electron chi connectivity index (χ2n) is 5.67. The van der Waals surface area contributed by atoms with Gasteiger partial charge in [0.1, 0.15) is 0 Å². The second-order valence-corrected chi connectivity index (χ2v) is 6.11. The lowest BCUT2D eigenvalue weighted by Crippen LogP contribution is -2.13. The molecule has 1 unspecified atom stereocenters. The third-order valence-electron chi connectivity index (χ3n) is 3.68. The van der Waals surface area contributed by atoms with Gasteiger partial charge in [-0.1, -0.05) is 45.4 Å². The Morgan fingerprint density at radius 3 is 2.60 bits per heavy atom. The Balaban J connectivity index is 2.53. The molecule has 1 heteroatoms. The Kier molecular flexibility index (Phi) is 2.58. The van der Waals surface area contributed by atoms with Gasteiger partial charge in [0.2, 0.25) is 0 Å². The molecule has 0 heterocycles. The van der Waals surface area contributed by atoms with E-state index >= 15 is 0 Å². The van der Waals surface area contributed by atoms with E-state index in [0.717, 1.165) is 5.02 Å². The first kappa shape index (κ1) is 11.0. The lowest BCUT2D eigenvalue weighted by Gasteiger charge is -2.20. The maximum absolute atomic E-state index is 6.08. The number of benzene rings is 1. The quantitative estimate of drug-likeness (QED) is 0.643. The fourth-order valence-corrected chi connectivity index (χ4v) is 2.97. The van der Waals surface area contributed by atoms with E-state index in [2.05, 4.69) is 39.8 Å². The first-order valence-corrected chi connectivity index (χ1v) is 6.09. The molecule has 1 aliphatic carbocycles. The highest BCUT2D eigenvalue weighted by atomic mass is 35.5. The van der Waals surface area contributed by atoms with Crippen LogP contribution >= 0.6 is 11.6 Å². The van der Waals surface area contributed by atoms with Crippen molar-refractivity contribution in [1.29, 1.82) is 0 Å². The third kappa shape index (κ3) is 1.80. The SMILES string of the molecule is CC(C)C1CC(C)(C)c2cc(Cl)ccc21. The molecule has 82 valence electrons. The molecular formula is C14H19Cl. The number of hydrogen-bond acceptors (Lipinski definition) is 0. The minimum Gasteiger partial charge on any atom is -0.0843 e. The smallest absolute Gasteiger partial charge is 0.0409 e. The van der Waals surface area contributed by atoms with E-state index in [0.29, 0.717) is 11.8 Å². The molecule has 2 rings (SSSR count). The summed E-state index contributed by atoms with van der Waals surface area (Å²) in [4.78, 5) is 0. The molecule has 0 spiro atoms. The van der Waals surface area contributed by atoms with Gasteiger partial charge in [0.05, 0.1) is 0 Å². The number of rotatable bonds is 1. The van der Waals surface area contributed by atoms with E-state index < -0.39 is 0 Å². The van der Waals surface area contributed by atoms with Gasteiger partial charge in [-0.3, -0.25) is 0 Å². The number of hydrogen-bond donors (Lipinski definition) is 0. The van der Waals surface area contributed by atoms with E-state index in [4.69, 9.17) is 11.6 Å². The molecule has 1 aliphatic rings. The van der Waals surface area contributed by atoms with E-state index in [1.165, 1.54) is 17.5 Å². The molecule has 0 aromatic heterocycles. The summed E-state index contributed by atoms with van der Waals surface area (Å²) >= 11 is 6.08. The van der Waals surface area contributed by atoms with Crippen LogP contribution in [0.5, 0.6) is 0 Å². The van der Waals surface area contributed by atoms with Crippen molar-refractivity contribution < 1.29 is 0 Å². The van der Waals surface area contributed by atoms with E-state index in [-0.39, 0.29) is 5.41 Å². The summed E-state index contributed by atoms with van der Waals surface area (Å²) in [5, 5.41) is 0.867. The molecular weight excluding hydrogens is 204 g/mol. The van der Waals surface area contributed by atoms with Crippen molar-refractivity contribution in [3.63, 3.8) is 0 Å². The third-order valence-corrected chi connectivity index (χ3v) is 3.91.